The summed E-state index contributed by atoms with van der Waals surface area (Å²) in [5.41, 5.74) is 0. The highest BCUT2D eigenvalue weighted by Crippen LogP contribution is 2.22. The van der Waals surface area contributed by atoms with Gasteiger partial charge in [-0.3, -0.25) is 0 Å². The molecule has 0 aromatic carbocycles. The van der Waals surface area contributed by atoms with Crippen LogP contribution in [0.15, 0.2) is 12.3 Å². The van der Waals surface area contributed by atoms with Gasteiger partial charge >= 0.3 is 12.0 Å². The zero-order valence-corrected chi connectivity index (χ0v) is 16.0. The Kier molecular flexibility index (Phi) is 5.51. The molecular formula is C17H24N8O3. The number of ether oxygens (including phenoxy) is 3. The van der Waals surface area contributed by atoms with Gasteiger partial charge in [0.1, 0.15) is 5.82 Å². The van der Waals surface area contributed by atoms with Crippen LogP contribution in [0.2, 0.25) is 0 Å². The smallest absolute Gasteiger partial charge is 0.324 e. The lowest BCUT2D eigenvalue weighted by Crippen LogP contribution is -2.37. The van der Waals surface area contributed by atoms with E-state index in [0.29, 0.717) is 19.2 Å². The van der Waals surface area contributed by atoms with E-state index < -0.39 is 0 Å². The molecule has 28 heavy (non-hydrogen) atoms. The van der Waals surface area contributed by atoms with Gasteiger partial charge in [0.05, 0.1) is 27.4 Å². The molecule has 2 aromatic heterocycles. The summed E-state index contributed by atoms with van der Waals surface area (Å²) in [6.07, 6.45) is 2.72. The number of morpholine rings is 1. The molecule has 0 amide bonds. The first-order valence-electron chi connectivity index (χ1n) is 9.26. The SMILES string of the molecule is COc1nc(OC)nc(N2CCC(Nc3ccnc(N4CCOCC4)n3)C2)n1. The Bertz CT molecular complexity index is 779. The molecule has 2 saturated heterocycles. The summed E-state index contributed by atoms with van der Waals surface area (Å²) in [4.78, 5) is 26.0. The second kappa shape index (κ2) is 8.38. The van der Waals surface area contributed by atoms with Crippen LogP contribution in [0.5, 0.6) is 12.0 Å². The highest BCUT2D eigenvalue weighted by molar-refractivity contribution is 5.44. The molecule has 2 aliphatic rings. The molecule has 0 aliphatic carbocycles. The minimum absolute atomic E-state index is 0.223. The van der Waals surface area contributed by atoms with Crippen LogP contribution in [0.3, 0.4) is 0 Å². The number of nitrogens with zero attached hydrogens (tertiary/aromatic N) is 7. The first kappa shape index (κ1) is 18.4. The molecule has 11 nitrogen and oxygen atoms in total. The van der Waals surface area contributed by atoms with Crippen molar-refractivity contribution in [3.05, 3.63) is 12.3 Å². The molecule has 2 aromatic rings. The molecule has 11 heteroatoms. The zero-order chi connectivity index (χ0) is 19.3. The van der Waals surface area contributed by atoms with Gasteiger partial charge in [-0.25, -0.2) is 4.98 Å². The second-order valence-electron chi connectivity index (χ2n) is 6.53. The summed E-state index contributed by atoms with van der Waals surface area (Å²) in [5.74, 6) is 2.09. The van der Waals surface area contributed by atoms with Crippen molar-refractivity contribution >= 4 is 17.7 Å². The molecule has 0 bridgehead atoms. The van der Waals surface area contributed by atoms with E-state index >= 15 is 0 Å². The Morgan fingerprint density at radius 2 is 1.71 bits per heavy atom. The third-order valence-corrected chi connectivity index (χ3v) is 4.71. The second-order valence-corrected chi connectivity index (χ2v) is 6.53. The molecule has 4 rings (SSSR count). The monoisotopic (exact) mass is 388 g/mol. The minimum Gasteiger partial charge on any atom is -0.467 e. The van der Waals surface area contributed by atoms with Crippen LogP contribution < -0.4 is 24.6 Å². The normalized spacial score (nSPS) is 19.6. The van der Waals surface area contributed by atoms with Crippen molar-refractivity contribution in [3.8, 4) is 12.0 Å². The highest BCUT2D eigenvalue weighted by atomic mass is 16.5. The molecule has 2 aliphatic heterocycles. The lowest BCUT2D eigenvalue weighted by molar-refractivity contribution is 0.122. The van der Waals surface area contributed by atoms with Crippen molar-refractivity contribution in [3.63, 3.8) is 0 Å². The molecule has 150 valence electrons. The average molecular weight is 388 g/mol. The van der Waals surface area contributed by atoms with Gasteiger partial charge in [0, 0.05) is 38.4 Å². The van der Waals surface area contributed by atoms with Gasteiger partial charge < -0.3 is 29.3 Å². The van der Waals surface area contributed by atoms with E-state index in [1.165, 1.54) is 14.2 Å². The molecule has 0 radical (unpaired) electrons. The maximum atomic E-state index is 5.39. The molecule has 1 atom stereocenters. The van der Waals surface area contributed by atoms with E-state index in [2.05, 4.69) is 40.0 Å². The summed E-state index contributed by atoms with van der Waals surface area (Å²) in [7, 11) is 3.04. The minimum atomic E-state index is 0.223. The summed E-state index contributed by atoms with van der Waals surface area (Å²) >= 11 is 0. The quantitative estimate of drug-likeness (QED) is 0.733. The Morgan fingerprint density at radius 1 is 0.964 bits per heavy atom. The summed E-state index contributed by atoms with van der Waals surface area (Å²) in [6.45, 7) is 4.59. The van der Waals surface area contributed by atoms with Gasteiger partial charge in [-0.15, -0.1) is 4.98 Å². The lowest BCUT2D eigenvalue weighted by Gasteiger charge is -2.27. The number of methoxy groups -OCH3 is 2. The van der Waals surface area contributed by atoms with Crippen molar-refractivity contribution in [2.24, 2.45) is 0 Å². The predicted octanol–water partition coefficient (Wildman–Crippen LogP) is 0.206. The third-order valence-electron chi connectivity index (χ3n) is 4.71. The summed E-state index contributed by atoms with van der Waals surface area (Å²) in [6, 6.07) is 2.59. The van der Waals surface area contributed by atoms with Crippen LogP contribution in [0.25, 0.3) is 0 Å². The van der Waals surface area contributed by atoms with E-state index in [-0.39, 0.29) is 18.1 Å². The van der Waals surface area contributed by atoms with Crippen molar-refractivity contribution < 1.29 is 14.2 Å². The molecular weight excluding hydrogens is 364 g/mol. The van der Waals surface area contributed by atoms with Gasteiger partial charge in [-0.2, -0.15) is 15.0 Å². The van der Waals surface area contributed by atoms with Crippen LogP contribution >= 0.6 is 0 Å². The molecule has 2 fully saturated rings. The Morgan fingerprint density at radius 3 is 2.43 bits per heavy atom. The van der Waals surface area contributed by atoms with Crippen molar-refractivity contribution in [2.75, 3.05) is 68.7 Å². The highest BCUT2D eigenvalue weighted by Gasteiger charge is 2.26. The summed E-state index contributed by atoms with van der Waals surface area (Å²) in [5, 5.41) is 3.49. The van der Waals surface area contributed by atoms with E-state index in [1.807, 2.05) is 6.07 Å². The zero-order valence-electron chi connectivity index (χ0n) is 16.0. The van der Waals surface area contributed by atoms with Crippen LogP contribution in [-0.4, -0.2) is 84.6 Å². The van der Waals surface area contributed by atoms with Gasteiger partial charge in [0.15, 0.2) is 0 Å². The molecule has 0 saturated carbocycles. The van der Waals surface area contributed by atoms with E-state index in [4.69, 9.17) is 14.2 Å². The third kappa shape index (κ3) is 4.14. The molecule has 1 N–H and O–H groups in total. The van der Waals surface area contributed by atoms with Crippen molar-refractivity contribution in [1.82, 2.24) is 24.9 Å². The Balaban J connectivity index is 1.41. The van der Waals surface area contributed by atoms with Crippen LogP contribution in [0.1, 0.15) is 6.42 Å². The first-order chi connectivity index (χ1) is 13.7. The van der Waals surface area contributed by atoms with Gasteiger partial charge in [0.25, 0.3) is 0 Å². The standard InChI is InChI=1S/C17H24N8O3/c1-26-16-21-15(22-17(23-16)27-2)25-6-4-12(11-25)19-13-3-5-18-14(20-13)24-7-9-28-10-8-24/h3,5,12H,4,6-11H2,1-2H3,(H,18,19,20). The topological polar surface area (TPSA) is 111 Å². The van der Waals surface area contributed by atoms with Crippen LogP contribution in [0.4, 0.5) is 17.7 Å². The van der Waals surface area contributed by atoms with Crippen LogP contribution in [0, 0.1) is 0 Å². The van der Waals surface area contributed by atoms with Crippen molar-refractivity contribution in [2.45, 2.75) is 12.5 Å². The number of aromatic nitrogens is 5. The Hall–Kier alpha value is -2.95. The van der Waals surface area contributed by atoms with Gasteiger partial charge in [-0.05, 0) is 12.5 Å². The Labute approximate surface area is 163 Å². The maximum absolute atomic E-state index is 5.39. The lowest BCUT2D eigenvalue weighted by atomic mass is 10.2. The van der Waals surface area contributed by atoms with Gasteiger partial charge in [0.2, 0.25) is 11.9 Å². The van der Waals surface area contributed by atoms with E-state index in [1.54, 1.807) is 6.20 Å². The fourth-order valence-corrected chi connectivity index (χ4v) is 3.27. The number of hydrogen-bond acceptors (Lipinski definition) is 11. The van der Waals surface area contributed by atoms with E-state index in [9.17, 15) is 0 Å². The fourth-order valence-electron chi connectivity index (χ4n) is 3.27. The van der Waals surface area contributed by atoms with E-state index in [0.717, 1.165) is 44.4 Å². The molecule has 1 unspecified atom stereocenters. The number of rotatable bonds is 6. The predicted molar refractivity (Wildman–Crippen MR) is 102 cm³/mol. The largest absolute Gasteiger partial charge is 0.467 e. The van der Waals surface area contributed by atoms with Crippen molar-refractivity contribution in [1.29, 1.82) is 0 Å². The number of nitrogens with one attached hydrogen (secondary N) is 1. The number of anilines is 3. The molecule has 0 spiro atoms. The number of hydrogen-bond donors (Lipinski definition) is 1. The van der Waals surface area contributed by atoms with Crippen LogP contribution in [-0.2, 0) is 4.74 Å². The summed E-state index contributed by atoms with van der Waals surface area (Å²) < 4.78 is 15.7. The average Bonchev–Trinajstić information content (AvgIpc) is 3.22. The van der Waals surface area contributed by atoms with Gasteiger partial charge in [-0.1, -0.05) is 0 Å². The maximum Gasteiger partial charge on any atom is 0.324 e. The fraction of sp³-hybridized carbons (Fsp3) is 0.588. The molecule has 4 heterocycles. The first-order valence-corrected chi connectivity index (χ1v) is 9.26.